The second kappa shape index (κ2) is 11.2. The highest BCUT2D eigenvalue weighted by Crippen LogP contribution is 2.47. The van der Waals surface area contributed by atoms with Crippen molar-refractivity contribution in [3.63, 3.8) is 0 Å². The summed E-state index contributed by atoms with van der Waals surface area (Å²) in [4.78, 5) is 2.21. The maximum absolute atomic E-state index is 15.3. The lowest BCUT2D eigenvalue weighted by Crippen LogP contribution is -2.27. The van der Waals surface area contributed by atoms with Crippen LogP contribution in [0.5, 0.6) is 0 Å². The quantitative estimate of drug-likeness (QED) is 0.158. The van der Waals surface area contributed by atoms with E-state index in [4.69, 9.17) is 11.5 Å². The molecule has 0 spiro atoms. The van der Waals surface area contributed by atoms with E-state index in [1.165, 1.54) is 0 Å². The topological polar surface area (TPSA) is 72.3 Å². The van der Waals surface area contributed by atoms with Crippen molar-refractivity contribution in [3.8, 4) is 11.1 Å². The van der Waals surface area contributed by atoms with Gasteiger partial charge in [0, 0.05) is 33.0 Å². The molecule has 0 heterocycles. The average molecular weight is 552 g/mol. The minimum Gasteiger partial charge on any atom is -0.397 e. The van der Waals surface area contributed by atoms with Crippen LogP contribution in [0.1, 0.15) is 0 Å². The van der Waals surface area contributed by atoms with Crippen molar-refractivity contribution < 1.29 is 4.57 Å². The van der Waals surface area contributed by atoms with Crippen molar-refractivity contribution in [1.82, 2.24) is 0 Å². The van der Waals surface area contributed by atoms with Crippen molar-refractivity contribution in [2.75, 3.05) is 16.4 Å². The first-order valence-electron chi connectivity index (χ1n) is 13.5. The molecule has 5 heteroatoms. The minimum atomic E-state index is -3.30. The van der Waals surface area contributed by atoms with Gasteiger partial charge in [0.15, 0.2) is 7.14 Å². The Morgan fingerprint density at radius 3 is 1.32 bits per heavy atom. The van der Waals surface area contributed by atoms with Crippen molar-refractivity contribution in [3.05, 3.63) is 158 Å². The lowest BCUT2D eigenvalue weighted by atomic mass is 10.0. The molecule has 0 aliphatic carbocycles. The summed E-state index contributed by atoms with van der Waals surface area (Å²) in [7, 11) is -3.30. The Labute approximate surface area is 240 Å². The molecule has 6 aromatic carbocycles. The number of benzene rings is 6. The summed E-state index contributed by atoms with van der Waals surface area (Å²) in [5.41, 5.74) is 18.4. The molecule has 0 aromatic heterocycles. The molecule has 6 rings (SSSR count). The molecule has 0 fully saturated rings. The number of hydrogen-bond acceptors (Lipinski definition) is 4. The van der Waals surface area contributed by atoms with Gasteiger partial charge in [-0.2, -0.15) is 0 Å². The number of hydrogen-bond donors (Lipinski definition) is 2. The summed E-state index contributed by atoms with van der Waals surface area (Å²) in [5.74, 6) is 0. The molecule has 0 bridgehead atoms. The van der Waals surface area contributed by atoms with Gasteiger partial charge in [0.25, 0.3) is 0 Å². The normalized spacial score (nSPS) is 11.2. The van der Waals surface area contributed by atoms with Crippen LogP contribution in [0, 0.1) is 0 Å². The van der Waals surface area contributed by atoms with Gasteiger partial charge in [0.1, 0.15) is 0 Å². The summed E-state index contributed by atoms with van der Waals surface area (Å²) >= 11 is 0. The number of rotatable bonds is 7. The van der Waals surface area contributed by atoms with Gasteiger partial charge in [0.05, 0.1) is 11.4 Å². The Kier molecular flexibility index (Phi) is 7.16. The smallest absolute Gasteiger partial charge is 0.171 e. The fourth-order valence-electron chi connectivity index (χ4n) is 5.21. The maximum Gasteiger partial charge on any atom is 0.171 e. The standard InChI is InChI=1S/C36H30N3OP/c37-34-25-33(36(26-35(34)38)41(40,31-17-9-3-10-18-31)32-19-11-4-12-20-32)27-21-23-30(24-22-27)39(28-13-5-1-6-14-28)29-15-7-2-8-16-29/h1-26H,37-38H2. The Balaban J connectivity index is 1.52. The summed E-state index contributed by atoms with van der Waals surface area (Å²) in [6.45, 7) is 0. The molecule has 0 saturated carbocycles. The van der Waals surface area contributed by atoms with Crippen molar-refractivity contribution in [1.29, 1.82) is 0 Å². The van der Waals surface area contributed by atoms with Crippen LogP contribution in [-0.2, 0) is 4.57 Å². The summed E-state index contributed by atoms with van der Waals surface area (Å²) in [5, 5.41) is 2.15. The molecule has 0 amide bonds. The number of nitrogen functional groups attached to an aromatic ring is 2. The monoisotopic (exact) mass is 551 g/mol. The van der Waals surface area contributed by atoms with Gasteiger partial charge in [-0.3, -0.25) is 0 Å². The van der Waals surface area contributed by atoms with Crippen LogP contribution in [-0.4, -0.2) is 0 Å². The fourth-order valence-corrected chi connectivity index (χ4v) is 8.10. The summed E-state index contributed by atoms with van der Waals surface area (Å²) in [6, 6.07) is 51.7. The first-order valence-corrected chi connectivity index (χ1v) is 15.2. The second-order valence-electron chi connectivity index (χ2n) is 9.83. The molecular formula is C36H30N3OP. The van der Waals surface area contributed by atoms with Crippen LogP contribution >= 0.6 is 7.14 Å². The van der Waals surface area contributed by atoms with Gasteiger partial charge in [0.2, 0.25) is 0 Å². The Morgan fingerprint density at radius 1 is 0.463 bits per heavy atom. The molecule has 0 saturated heterocycles. The zero-order chi connectivity index (χ0) is 28.2. The molecule has 4 nitrogen and oxygen atoms in total. The van der Waals surface area contributed by atoms with E-state index >= 15 is 4.57 Å². The molecular weight excluding hydrogens is 521 g/mol. The van der Waals surface area contributed by atoms with Gasteiger partial charge >= 0.3 is 0 Å². The van der Waals surface area contributed by atoms with Crippen LogP contribution in [0.2, 0.25) is 0 Å². The highest BCUT2D eigenvalue weighted by atomic mass is 31.2. The lowest BCUT2D eigenvalue weighted by molar-refractivity contribution is 0.592. The average Bonchev–Trinajstić information content (AvgIpc) is 3.04. The fraction of sp³-hybridized carbons (Fsp3) is 0. The molecule has 200 valence electrons. The third-order valence-corrected chi connectivity index (χ3v) is 10.3. The number of para-hydroxylation sites is 2. The van der Waals surface area contributed by atoms with E-state index < -0.39 is 7.14 Å². The Morgan fingerprint density at radius 2 is 0.854 bits per heavy atom. The van der Waals surface area contributed by atoms with Gasteiger partial charge in [-0.15, -0.1) is 0 Å². The largest absolute Gasteiger partial charge is 0.397 e. The number of nitrogens with zero attached hydrogens (tertiary/aromatic N) is 1. The summed E-state index contributed by atoms with van der Waals surface area (Å²) in [6.07, 6.45) is 0. The molecule has 41 heavy (non-hydrogen) atoms. The van der Waals surface area contributed by atoms with Crippen LogP contribution in [0.15, 0.2) is 158 Å². The maximum atomic E-state index is 15.3. The zero-order valence-electron chi connectivity index (χ0n) is 22.5. The molecule has 0 radical (unpaired) electrons. The lowest BCUT2D eigenvalue weighted by Gasteiger charge is -2.26. The highest BCUT2D eigenvalue weighted by molar-refractivity contribution is 7.85. The van der Waals surface area contributed by atoms with Crippen molar-refractivity contribution in [2.45, 2.75) is 0 Å². The van der Waals surface area contributed by atoms with Crippen LogP contribution in [0.25, 0.3) is 11.1 Å². The predicted molar refractivity (Wildman–Crippen MR) is 175 cm³/mol. The Hall–Kier alpha value is -5.05. The van der Waals surface area contributed by atoms with E-state index in [2.05, 4.69) is 53.4 Å². The van der Waals surface area contributed by atoms with Gasteiger partial charge in [-0.05, 0) is 59.7 Å². The third-order valence-electron chi connectivity index (χ3n) is 7.25. The minimum absolute atomic E-state index is 0.409. The van der Waals surface area contributed by atoms with Crippen LogP contribution in [0.4, 0.5) is 28.4 Å². The van der Waals surface area contributed by atoms with E-state index in [1.54, 1.807) is 6.07 Å². The van der Waals surface area contributed by atoms with Gasteiger partial charge in [-0.25, -0.2) is 0 Å². The molecule has 0 unspecified atom stereocenters. The Bertz CT molecular complexity index is 1730. The number of anilines is 5. The summed E-state index contributed by atoms with van der Waals surface area (Å²) < 4.78 is 15.3. The van der Waals surface area contributed by atoms with Gasteiger partial charge in [-0.1, -0.05) is 109 Å². The van der Waals surface area contributed by atoms with Gasteiger partial charge < -0.3 is 20.9 Å². The highest BCUT2D eigenvalue weighted by Gasteiger charge is 2.33. The SMILES string of the molecule is Nc1cc(-c2ccc(N(c3ccccc3)c3ccccc3)cc2)c(P(=O)(c2ccccc2)c2ccccc2)cc1N. The van der Waals surface area contributed by atoms with E-state index in [0.717, 1.165) is 38.8 Å². The predicted octanol–water partition coefficient (Wildman–Crippen LogP) is 7.63. The first kappa shape index (κ1) is 26.2. The van der Waals surface area contributed by atoms with E-state index in [0.29, 0.717) is 16.7 Å². The van der Waals surface area contributed by atoms with Crippen molar-refractivity contribution >= 4 is 51.5 Å². The molecule has 4 N–H and O–H groups in total. The molecule has 0 atom stereocenters. The van der Waals surface area contributed by atoms with E-state index in [1.807, 2.05) is 103 Å². The van der Waals surface area contributed by atoms with Crippen LogP contribution < -0.4 is 32.3 Å². The van der Waals surface area contributed by atoms with E-state index in [9.17, 15) is 0 Å². The molecule has 0 aliphatic rings. The third kappa shape index (κ3) is 5.02. The molecule has 6 aromatic rings. The number of nitrogens with two attached hydrogens (primary N) is 2. The van der Waals surface area contributed by atoms with E-state index in [-0.39, 0.29) is 0 Å². The second-order valence-corrected chi connectivity index (χ2v) is 12.6. The zero-order valence-corrected chi connectivity index (χ0v) is 23.4. The molecule has 0 aliphatic heterocycles. The van der Waals surface area contributed by atoms with Crippen LogP contribution in [0.3, 0.4) is 0 Å². The van der Waals surface area contributed by atoms with Crippen molar-refractivity contribution in [2.24, 2.45) is 0 Å². The first-order chi connectivity index (χ1) is 20.1.